The van der Waals surface area contributed by atoms with Gasteiger partial charge < -0.3 is 9.52 Å². The Morgan fingerprint density at radius 2 is 2.30 bits per heavy atom. The average Bonchev–Trinajstić information content (AvgIpc) is 2.87. The molecule has 1 aromatic rings. The molecule has 6 nitrogen and oxygen atoms in total. The second-order valence-electron chi connectivity index (χ2n) is 5.56. The molecule has 1 aromatic heterocycles. The highest BCUT2D eigenvalue weighted by Gasteiger charge is 2.28. The van der Waals surface area contributed by atoms with Gasteiger partial charge in [-0.15, -0.1) is 0 Å². The molecule has 1 aliphatic rings. The van der Waals surface area contributed by atoms with E-state index in [0.29, 0.717) is 24.5 Å². The van der Waals surface area contributed by atoms with E-state index in [-0.39, 0.29) is 5.69 Å². The van der Waals surface area contributed by atoms with E-state index in [1.54, 1.807) is 0 Å². The van der Waals surface area contributed by atoms with Crippen LogP contribution in [-0.4, -0.2) is 57.6 Å². The minimum Gasteiger partial charge on any atom is -0.476 e. The van der Waals surface area contributed by atoms with Crippen LogP contribution in [-0.2, 0) is 6.54 Å². The maximum atomic E-state index is 10.8. The van der Waals surface area contributed by atoms with Crippen molar-refractivity contribution in [3.63, 3.8) is 0 Å². The van der Waals surface area contributed by atoms with Gasteiger partial charge in [0.15, 0.2) is 5.69 Å². The van der Waals surface area contributed by atoms with Crippen molar-refractivity contribution >= 4 is 5.97 Å². The topological polar surface area (TPSA) is 69.8 Å². The molecule has 0 saturated carbocycles. The SMILES string of the molecule is CCC1CN(Cc2nc(C(=O)O)co2)CCN1C(C)C. The summed E-state index contributed by atoms with van der Waals surface area (Å²) >= 11 is 0. The molecule has 2 rings (SSSR count). The number of carboxylic acids is 1. The molecule has 1 fully saturated rings. The summed E-state index contributed by atoms with van der Waals surface area (Å²) in [6, 6.07) is 1.10. The van der Waals surface area contributed by atoms with Crippen molar-refractivity contribution in [2.24, 2.45) is 0 Å². The molecule has 0 radical (unpaired) electrons. The van der Waals surface area contributed by atoms with Gasteiger partial charge in [-0.05, 0) is 20.3 Å². The summed E-state index contributed by atoms with van der Waals surface area (Å²) in [5.74, 6) is -0.564. The van der Waals surface area contributed by atoms with Crippen LogP contribution in [0.2, 0.25) is 0 Å². The fourth-order valence-corrected chi connectivity index (χ4v) is 2.79. The van der Waals surface area contributed by atoms with Crippen molar-refractivity contribution in [3.05, 3.63) is 17.8 Å². The third-order valence-corrected chi connectivity index (χ3v) is 3.88. The predicted molar refractivity (Wildman–Crippen MR) is 74.7 cm³/mol. The Labute approximate surface area is 119 Å². The monoisotopic (exact) mass is 281 g/mol. The van der Waals surface area contributed by atoms with Gasteiger partial charge in [-0.3, -0.25) is 9.80 Å². The van der Waals surface area contributed by atoms with Gasteiger partial charge in [-0.25, -0.2) is 9.78 Å². The van der Waals surface area contributed by atoms with Crippen molar-refractivity contribution in [3.8, 4) is 0 Å². The first-order valence-corrected chi connectivity index (χ1v) is 7.17. The molecule has 0 spiro atoms. The molecule has 1 atom stereocenters. The normalized spacial score (nSPS) is 21.5. The minimum absolute atomic E-state index is 0.0205. The third-order valence-electron chi connectivity index (χ3n) is 3.88. The lowest BCUT2D eigenvalue weighted by Crippen LogP contribution is -2.54. The Balaban J connectivity index is 1.95. The van der Waals surface area contributed by atoms with Crippen molar-refractivity contribution in [2.75, 3.05) is 19.6 Å². The summed E-state index contributed by atoms with van der Waals surface area (Å²) in [5.41, 5.74) is -0.0205. The number of rotatable bonds is 5. The van der Waals surface area contributed by atoms with Gasteiger partial charge in [0, 0.05) is 31.7 Å². The van der Waals surface area contributed by atoms with Crippen LogP contribution in [0.5, 0.6) is 0 Å². The first-order valence-electron chi connectivity index (χ1n) is 7.17. The maximum absolute atomic E-state index is 10.8. The molecule has 1 aliphatic heterocycles. The van der Waals surface area contributed by atoms with Crippen LogP contribution >= 0.6 is 0 Å². The Morgan fingerprint density at radius 1 is 1.55 bits per heavy atom. The van der Waals surface area contributed by atoms with E-state index in [2.05, 4.69) is 35.6 Å². The summed E-state index contributed by atoms with van der Waals surface area (Å²) in [5, 5.41) is 8.84. The van der Waals surface area contributed by atoms with Crippen molar-refractivity contribution in [1.29, 1.82) is 0 Å². The first-order chi connectivity index (χ1) is 9.51. The number of aromatic nitrogens is 1. The van der Waals surface area contributed by atoms with Gasteiger partial charge in [-0.1, -0.05) is 6.92 Å². The van der Waals surface area contributed by atoms with Gasteiger partial charge >= 0.3 is 5.97 Å². The number of carbonyl (C=O) groups is 1. The maximum Gasteiger partial charge on any atom is 0.357 e. The highest BCUT2D eigenvalue weighted by atomic mass is 16.4. The fraction of sp³-hybridized carbons (Fsp3) is 0.714. The molecular formula is C14H23N3O3. The highest BCUT2D eigenvalue weighted by molar-refractivity contribution is 5.84. The predicted octanol–water partition coefficient (Wildman–Crippen LogP) is 1.68. The van der Waals surface area contributed by atoms with Crippen LogP contribution in [0.15, 0.2) is 10.7 Å². The lowest BCUT2D eigenvalue weighted by Gasteiger charge is -2.43. The number of hydrogen-bond donors (Lipinski definition) is 1. The molecule has 1 saturated heterocycles. The molecule has 112 valence electrons. The average molecular weight is 281 g/mol. The quantitative estimate of drug-likeness (QED) is 0.885. The Morgan fingerprint density at radius 3 is 2.85 bits per heavy atom. The van der Waals surface area contributed by atoms with E-state index < -0.39 is 5.97 Å². The van der Waals surface area contributed by atoms with E-state index in [0.717, 1.165) is 26.1 Å². The Hall–Kier alpha value is -1.40. The van der Waals surface area contributed by atoms with Crippen molar-refractivity contribution in [1.82, 2.24) is 14.8 Å². The van der Waals surface area contributed by atoms with Gasteiger partial charge in [0.05, 0.1) is 6.54 Å². The zero-order chi connectivity index (χ0) is 14.7. The molecule has 2 heterocycles. The van der Waals surface area contributed by atoms with E-state index in [1.807, 2.05) is 0 Å². The lowest BCUT2D eigenvalue weighted by atomic mass is 10.1. The molecule has 0 bridgehead atoms. The number of hydrogen-bond acceptors (Lipinski definition) is 5. The zero-order valence-corrected chi connectivity index (χ0v) is 12.4. The smallest absolute Gasteiger partial charge is 0.357 e. The molecule has 0 amide bonds. The zero-order valence-electron chi connectivity index (χ0n) is 12.4. The van der Waals surface area contributed by atoms with Crippen molar-refractivity contribution < 1.29 is 14.3 Å². The summed E-state index contributed by atoms with van der Waals surface area (Å²) in [6.07, 6.45) is 2.32. The first kappa shape index (κ1) is 15.0. The van der Waals surface area contributed by atoms with Crippen LogP contribution in [0, 0.1) is 0 Å². The number of oxazole rings is 1. The Bertz CT molecular complexity index is 458. The molecule has 0 aromatic carbocycles. The second kappa shape index (κ2) is 6.37. The van der Waals surface area contributed by atoms with Gasteiger partial charge in [-0.2, -0.15) is 0 Å². The molecule has 1 unspecified atom stereocenters. The van der Waals surface area contributed by atoms with Crippen LogP contribution in [0.1, 0.15) is 43.6 Å². The van der Waals surface area contributed by atoms with Crippen molar-refractivity contribution in [2.45, 2.75) is 45.8 Å². The van der Waals surface area contributed by atoms with Crippen LogP contribution < -0.4 is 0 Å². The number of carboxylic acid groups (broad SMARTS) is 1. The van der Waals surface area contributed by atoms with E-state index in [1.165, 1.54) is 6.26 Å². The van der Waals surface area contributed by atoms with Crippen LogP contribution in [0.3, 0.4) is 0 Å². The van der Waals surface area contributed by atoms with Gasteiger partial charge in [0.2, 0.25) is 5.89 Å². The Kier molecular flexibility index (Phi) is 4.77. The lowest BCUT2D eigenvalue weighted by molar-refractivity contribution is 0.0418. The number of aromatic carboxylic acids is 1. The van der Waals surface area contributed by atoms with E-state index in [4.69, 9.17) is 9.52 Å². The number of piperazine rings is 1. The molecule has 6 heteroatoms. The van der Waals surface area contributed by atoms with Gasteiger partial charge in [0.1, 0.15) is 6.26 Å². The number of nitrogens with zero attached hydrogens (tertiary/aromatic N) is 3. The van der Waals surface area contributed by atoms with Crippen LogP contribution in [0.4, 0.5) is 0 Å². The van der Waals surface area contributed by atoms with Gasteiger partial charge in [0.25, 0.3) is 0 Å². The van der Waals surface area contributed by atoms with Crippen LogP contribution in [0.25, 0.3) is 0 Å². The molecule has 20 heavy (non-hydrogen) atoms. The fourth-order valence-electron chi connectivity index (χ4n) is 2.79. The molecular weight excluding hydrogens is 258 g/mol. The molecule has 1 N–H and O–H groups in total. The summed E-state index contributed by atoms with van der Waals surface area (Å²) < 4.78 is 5.22. The van der Waals surface area contributed by atoms with E-state index >= 15 is 0 Å². The second-order valence-corrected chi connectivity index (χ2v) is 5.56. The largest absolute Gasteiger partial charge is 0.476 e. The highest BCUT2D eigenvalue weighted by Crippen LogP contribution is 2.17. The molecule has 0 aliphatic carbocycles. The third kappa shape index (κ3) is 3.37. The summed E-state index contributed by atoms with van der Waals surface area (Å²) in [7, 11) is 0. The standard InChI is InChI=1S/C14H23N3O3/c1-4-11-7-16(5-6-17(11)10(2)3)8-13-15-12(9-20-13)14(18)19/h9-11H,4-8H2,1-3H3,(H,18,19). The minimum atomic E-state index is -1.05. The van der Waals surface area contributed by atoms with E-state index in [9.17, 15) is 4.79 Å². The summed E-state index contributed by atoms with van der Waals surface area (Å²) in [6.45, 7) is 10.2. The summed E-state index contributed by atoms with van der Waals surface area (Å²) in [4.78, 5) is 19.6.